The molecule has 0 aliphatic heterocycles. The average Bonchev–Trinajstić information content (AvgIpc) is 1.95. The van der Waals surface area contributed by atoms with Crippen LogP contribution >= 0.6 is 12.6 Å². The molecule has 1 N–H and O–H groups in total. The Labute approximate surface area is 86.9 Å². The molecule has 0 saturated carbocycles. The molecule has 0 saturated heterocycles. The third-order valence-corrected chi connectivity index (χ3v) is 1.89. The predicted molar refractivity (Wildman–Crippen MR) is 60.1 cm³/mol. The van der Waals surface area contributed by atoms with Gasteiger partial charge in [0.15, 0.2) is 0 Å². The van der Waals surface area contributed by atoms with E-state index in [0.717, 1.165) is 13.0 Å². The number of hydrogen-bond donors (Lipinski definition) is 2. The van der Waals surface area contributed by atoms with Crippen molar-refractivity contribution in [2.24, 2.45) is 5.92 Å². The van der Waals surface area contributed by atoms with Crippen LogP contribution < -0.4 is 5.32 Å². The molecule has 0 atom stereocenters. The first-order chi connectivity index (χ1) is 5.81. The fourth-order valence-corrected chi connectivity index (χ4v) is 0.938. The second-order valence-corrected chi connectivity index (χ2v) is 5.72. The monoisotopic (exact) mass is 203 g/mol. The molecule has 0 aliphatic carbocycles. The summed E-state index contributed by atoms with van der Waals surface area (Å²) in [5, 5.41) is 2.88. The van der Waals surface area contributed by atoms with Crippen LogP contribution in [0.4, 0.5) is 0 Å². The van der Waals surface area contributed by atoms with Gasteiger partial charge in [-0.15, -0.1) is 0 Å². The zero-order chi connectivity index (χ0) is 10.5. The van der Waals surface area contributed by atoms with Gasteiger partial charge in [0.05, 0.1) is 0 Å². The van der Waals surface area contributed by atoms with E-state index in [9.17, 15) is 4.79 Å². The van der Waals surface area contributed by atoms with Crippen LogP contribution in [0.15, 0.2) is 0 Å². The Bertz CT molecular complexity index is 161. The molecule has 0 aromatic carbocycles. The number of amides is 1. The third kappa shape index (κ3) is 9.74. The molecule has 78 valence electrons. The Morgan fingerprint density at radius 3 is 2.38 bits per heavy atom. The lowest BCUT2D eigenvalue weighted by Gasteiger charge is -2.16. The molecule has 0 bridgehead atoms. The van der Waals surface area contributed by atoms with Crippen LogP contribution in [0.5, 0.6) is 0 Å². The maximum atomic E-state index is 11.2. The molecule has 0 radical (unpaired) electrons. The summed E-state index contributed by atoms with van der Waals surface area (Å²) in [5.74, 6) is 0.656. The van der Waals surface area contributed by atoms with Crippen molar-refractivity contribution in [1.29, 1.82) is 0 Å². The Hall–Kier alpha value is -0.180. The first-order valence-electron chi connectivity index (χ1n) is 4.80. The average molecular weight is 203 g/mol. The van der Waals surface area contributed by atoms with Crippen molar-refractivity contribution in [1.82, 2.24) is 5.32 Å². The lowest BCUT2D eigenvalue weighted by atomic mass is 10.1. The molecular formula is C10H21NOS. The van der Waals surface area contributed by atoms with Crippen LogP contribution in [0.25, 0.3) is 0 Å². The number of carbonyl (C=O) groups excluding carboxylic acids is 1. The van der Waals surface area contributed by atoms with Crippen LogP contribution in [-0.4, -0.2) is 17.2 Å². The maximum absolute atomic E-state index is 11.2. The summed E-state index contributed by atoms with van der Waals surface area (Å²) in [6.45, 7) is 8.98. The zero-order valence-electron chi connectivity index (χ0n) is 9.05. The van der Waals surface area contributed by atoms with E-state index in [0.29, 0.717) is 12.3 Å². The molecule has 0 aromatic heterocycles. The van der Waals surface area contributed by atoms with Crippen LogP contribution in [0.1, 0.15) is 40.5 Å². The highest BCUT2D eigenvalue weighted by atomic mass is 32.1. The SMILES string of the molecule is CC(C)CNC(=O)CCC(C)(C)S. The summed E-state index contributed by atoms with van der Waals surface area (Å²) in [6, 6.07) is 0. The van der Waals surface area contributed by atoms with E-state index < -0.39 is 0 Å². The number of nitrogens with one attached hydrogen (secondary N) is 1. The predicted octanol–water partition coefficient (Wildman–Crippen LogP) is 2.25. The molecule has 0 spiro atoms. The summed E-state index contributed by atoms with van der Waals surface area (Å²) in [6.07, 6.45) is 1.39. The molecule has 2 nitrogen and oxygen atoms in total. The second-order valence-electron chi connectivity index (χ2n) is 4.51. The third-order valence-electron chi connectivity index (χ3n) is 1.67. The standard InChI is InChI=1S/C10H21NOS/c1-8(2)7-11-9(12)5-6-10(3,4)13/h8,13H,5-7H2,1-4H3,(H,11,12). The fourth-order valence-electron chi connectivity index (χ4n) is 0.826. The highest BCUT2D eigenvalue weighted by molar-refractivity contribution is 7.81. The molecule has 3 heteroatoms. The summed E-state index contributed by atoms with van der Waals surface area (Å²) in [5.41, 5.74) is 0. The van der Waals surface area contributed by atoms with Crippen molar-refractivity contribution in [2.75, 3.05) is 6.54 Å². The number of thiol groups is 1. The van der Waals surface area contributed by atoms with Gasteiger partial charge in [0, 0.05) is 17.7 Å². The van der Waals surface area contributed by atoms with Gasteiger partial charge in [0.2, 0.25) is 5.91 Å². The summed E-state index contributed by atoms with van der Waals surface area (Å²) in [4.78, 5) is 11.2. The van der Waals surface area contributed by atoms with E-state index in [1.54, 1.807) is 0 Å². The minimum absolute atomic E-state index is 0.0465. The van der Waals surface area contributed by atoms with Gasteiger partial charge in [-0.05, 0) is 12.3 Å². The van der Waals surface area contributed by atoms with E-state index in [4.69, 9.17) is 0 Å². The zero-order valence-corrected chi connectivity index (χ0v) is 9.95. The van der Waals surface area contributed by atoms with Gasteiger partial charge in [-0.25, -0.2) is 0 Å². The topological polar surface area (TPSA) is 29.1 Å². The summed E-state index contributed by atoms with van der Waals surface area (Å²) >= 11 is 4.36. The Morgan fingerprint density at radius 2 is 2.00 bits per heavy atom. The van der Waals surface area contributed by atoms with Crippen LogP contribution in [0.2, 0.25) is 0 Å². The molecule has 1 amide bonds. The van der Waals surface area contributed by atoms with E-state index in [1.807, 2.05) is 13.8 Å². The van der Waals surface area contributed by atoms with Crippen molar-refractivity contribution < 1.29 is 4.79 Å². The smallest absolute Gasteiger partial charge is 0.220 e. The largest absolute Gasteiger partial charge is 0.356 e. The molecule has 0 aliphatic rings. The van der Waals surface area contributed by atoms with E-state index in [1.165, 1.54) is 0 Å². The van der Waals surface area contributed by atoms with Gasteiger partial charge in [-0.2, -0.15) is 12.6 Å². The Balaban J connectivity index is 3.53. The molecule has 13 heavy (non-hydrogen) atoms. The van der Waals surface area contributed by atoms with E-state index >= 15 is 0 Å². The van der Waals surface area contributed by atoms with Gasteiger partial charge in [-0.1, -0.05) is 27.7 Å². The highest BCUT2D eigenvalue weighted by Crippen LogP contribution is 2.18. The van der Waals surface area contributed by atoms with Crippen LogP contribution in [0.3, 0.4) is 0 Å². The van der Waals surface area contributed by atoms with E-state index in [-0.39, 0.29) is 10.7 Å². The van der Waals surface area contributed by atoms with Gasteiger partial charge < -0.3 is 5.32 Å². The van der Waals surface area contributed by atoms with Crippen molar-refractivity contribution in [3.8, 4) is 0 Å². The quantitative estimate of drug-likeness (QED) is 0.659. The van der Waals surface area contributed by atoms with Crippen molar-refractivity contribution in [2.45, 2.75) is 45.3 Å². The number of hydrogen-bond acceptors (Lipinski definition) is 2. The Kier molecular flexibility index (Phi) is 5.45. The lowest BCUT2D eigenvalue weighted by Crippen LogP contribution is -2.28. The summed E-state index contributed by atoms with van der Waals surface area (Å²) < 4.78 is -0.0465. The molecule has 0 rings (SSSR count). The molecule has 0 heterocycles. The van der Waals surface area contributed by atoms with Gasteiger partial charge in [0.1, 0.15) is 0 Å². The molecular weight excluding hydrogens is 182 g/mol. The second kappa shape index (κ2) is 5.53. The summed E-state index contributed by atoms with van der Waals surface area (Å²) in [7, 11) is 0. The van der Waals surface area contributed by atoms with Gasteiger partial charge in [-0.3, -0.25) is 4.79 Å². The Morgan fingerprint density at radius 1 is 1.46 bits per heavy atom. The van der Waals surface area contributed by atoms with Crippen LogP contribution in [-0.2, 0) is 4.79 Å². The number of carbonyl (C=O) groups is 1. The van der Waals surface area contributed by atoms with Gasteiger partial charge in [0.25, 0.3) is 0 Å². The molecule has 0 unspecified atom stereocenters. The minimum atomic E-state index is -0.0465. The minimum Gasteiger partial charge on any atom is -0.356 e. The van der Waals surface area contributed by atoms with Crippen molar-refractivity contribution in [3.63, 3.8) is 0 Å². The fraction of sp³-hybridized carbons (Fsp3) is 0.900. The van der Waals surface area contributed by atoms with Gasteiger partial charge >= 0.3 is 0 Å². The van der Waals surface area contributed by atoms with Crippen molar-refractivity contribution >= 4 is 18.5 Å². The van der Waals surface area contributed by atoms with Crippen molar-refractivity contribution in [3.05, 3.63) is 0 Å². The van der Waals surface area contributed by atoms with Crippen LogP contribution in [0, 0.1) is 5.92 Å². The molecule has 0 aromatic rings. The maximum Gasteiger partial charge on any atom is 0.220 e. The number of rotatable bonds is 5. The lowest BCUT2D eigenvalue weighted by molar-refractivity contribution is -0.121. The normalized spacial score (nSPS) is 11.8. The van der Waals surface area contributed by atoms with E-state index in [2.05, 4.69) is 31.8 Å². The molecule has 0 fully saturated rings. The first-order valence-corrected chi connectivity index (χ1v) is 5.25. The highest BCUT2D eigenvalue weighted by Gasteiger charge is 2.13. The first kappa shape index (κ1) is 12.8.